The Balaban J connectivity index is 2.98. The number of unbranched alkanes of at least 4 members (excludes halogenated alkanes) is 1. The summed E-state index contributed by atoms with van der Waals surface area (Å²) in [5.41, 5.74) is 0.332. The molecule has 1 rings (SSSR count). The van der Waals surface area contributed by atoms with E-state index in [4.69, 9.17) is 4.74 Å². The summed E-state index contributed by atoms with van der Waals surface area (Å²) in [6, 6.07) is 6.57. The van der Waals surface area contributed by atoms with Gasteiger partial charge in [0.1, 0.15) is 11.4 Å². The van der Waals surface area contributed by atoms with E-state index in [1.54, 1.807) is 39.8 Å². The number of aliphatic hydroxyl groups is 1. The number of aromatic hydroxyl groups is 1. The van der Waals surface area contributed by atoms with Crippen LogP contribution in [0, 0.1) is 17.8 Å². The van der Waals surface area contributed by atoms with Crippen LogP contribution in [0.15, 0.2) is 24.3 Å². The first kappa shape index (κ1) is 29.8. The number of hydrogen-bond acceptors (Lipinski definition) is 5. The van der Waals surface area contributed by atoms with Crippen molar-refractivity contribution < 1.29 is 24.5 Å². The first-order chi connectivity index (χ1) is 15.8. The topological polar surface area (TPSA) is 108 Å². The molecule has 194 valence electrons. The lowest BCUT2D eigenvalue weighted by atomic mass is 9.82. The molecule has 0 radical (unpaired) electrons. The second-order valence-electron chi connectivity index (χ2n) is 10.7. The molecule has 0 aliphatic heterocycles. The zero-order chi connectivity index (χ0) is 25.9. The molecule has 4 atom stereocenters. The van der Waals surface area contributed by atoms with E-state index in [1.807, 2.05) is 12.1 Å². The molecule has 1 aromatic rings. The largest absolute Gasteiger partial charge is 0.508 e. The molecule has 0 bridgehead atoms. The summed E-state index contributed by atoms with van der Waals surface area (Å²) in [5, 5.41) is 26.7. The molecule has 0 aromatic heterocycles. The minimum Gasteiger partial charge on any atom is -0.508 e. The average molecular weight is 479 g/mol. The third kappa shape index (κ3) is 11.7. The summed E-state index contributed by atoms with van der Waals surface area (Å²) in [6.07, 6.45) is 1.84. The molecule has 1 aromatic carbocycles. The molecule has 0 saturated heterocycles. The van der Waals surface area contributed by atoms with Crippen LogP contribution in [-0.2, 0) is 16.0 Å². The van der Waals surface area contributed by atoms with Crippen LogP contribution >= 0.6 is 0 Å². The Hall–Kier alpha value is -2.28. The van der Waals surface area contributed by atoms with Gasteiger partial charge in [0.2, 0.25) is 5.91 Å². The van der Waals surface area contributed by atoms with Gasteiger partial charge in [0.05, 0.1) is 12.1 Å². The predicted molar refractivity (Wildman–Crippen MR) is 136 cm³/mol. The second-order valence-corrected chi connectivity index (χ2v) is 10.7. The SMILES string of the molecule is CCCCNC(=O)[C@H](C)C[C@H](O)[C@H](C[C@H](Cc1cccc(O)c1)C(C)C)NC(=O)OC(C)(C)C. The van der Waals surface area contributed by atoms with Crippen LogP contribution in [0.1, 0.15) is 79.7 Å². The quantitative estimate of drug-likeness (QED) is 0.305. The number of nitrogens with one attached hydrogen (secondary N) is 2. The van der Waals surface area contributed by atoms with Crippen molar-refractivity contribution in [2.45, 2.75) is 98.3 Å². The van der Waals surface area contributed by atoms with Crippen molar-refractivity contribution >= 4 is 12.0 Å². The molecule has 2 amide bonds. The highest BCUT2D eigenvalue weighted by molar-refractivity contribution is 5.78. The van der Waals surface area contributed by atoms with Crippen molar-refractivity contribution in [2.75, 3.05) is 6.54 Å². The second kappa shape index (κ2) is 14.2. The Morgan fingerprint density at radius 2 is 1.79 bits per heavy atom. The number of phenolic OH excluding ortho intramolecular Hbond substituents is 1. The molecule has 7 nitrogen and oxygen atoms in total. The Kier molecular flexibility index (Phi) is 12.4. The van der Waals surface area contributed by atoms with Gasteiger partial charge in [-0.25, -0.2) is 4.79 Å². The lowest BCUT2D eigenvalue weighted by Crippen LogP contribution is -2.48. The zero-order valence-electron chi connectivity index (χ0n) is 22.1. The number of alkyl carbamates (subject to hydrolysis) is 1. The van der Waals surface area contributed by atoms with Gasteiger partial charge in [-0.2, -0.15) is 0 Å². The third-order valence-corrected chi connectivity index (χ3v) is 5.95. The van der Waals surface area contributed by atoms with E-state index in [2.05, 4.69) is 31.4 Å². The normalized spacial score (nSPS) is 15.3. The Bertz CT molecular complexity index is 760. The van der Waals surface area contributed by atoms with Crippen molar-refractivity contribution in [3.63, 3.8) is 0 Å². The highest BCUT2D eigenvalue weighted by atomic mass is 16.6. The molecule has 0 aliphatic rings. The van der Waals surface area contributed by atoms with Crippen molar-refractivity contribution in [3.8, 4) is 5.75 Å². The molecule has 0 fully saturated rings. The van der Waals surface area contributed by atoms with Crippen molar-refractivity contribution in [2.24, 2.45) is 17.8 Å². The first-order valence-electron chi connectivity index (χ1n) is 12.6. The fourth-order valence-electron chi connectivity index (χ4n) is 3.87. The number of amides is 2. The monoisotopic (exact) mass is 478 g/mol. The van der Waals surface area contributed by atoms with Crippen LogP contribution in [-0.4, -0.2) is 46.5 Å². The maximum atomic E-state index is 12.6. The van der Waals surface area contributed by atoms with Gasteiger partial charge in [-0.1, -0.05) is 46.2 Å². The fourth-order valence-corrected chi connectivity index (χ4v) is 3.87. The fraction of sp³-hybridized carbons (Fsp3) is 0.704. The molecule has 34 heavy (non-hydrogen) atoms. The molecule has 0 heterocycles. The lowest BCUT2D eigenvalue weighted by molar-refractivity contribution is -0.125. The molecule has 0 aliphatic carbocycles. The number of hydrogen-bond donors (Lipinski definition) is 4. The Labute approximate surface area is 205 Å². The van der Waals surface area contributed by atoms with Crippen molar-refractivity contribution in [3.05, 3.63) is 29.8 Å². The number of carbonyl (C=O) groups is 2. The van der Waals surface area contributed by atoms with Gasteiger partial charge < -0.3 is 25.6 Å². The van der Waals surface area contributed by atoms with E-state index in [9.17, 15) is 19.8 Å². The molecule has 0 unspecified atom stereocenters. The number of ether oxygens (including phenoxy) is 1. The smallest absolute Gasteiger partial charge is 0.407 e. The van der Waals surface area contributed by atoms with E-state index in [0.717, 1.165) is 18.4 Å². The molecule has 0 saturated carbocycles. The van der Waals surface area contributed by atoms with Crippen LogP contribution in [0.4, 0.5) is 4.79 Å². The van der Waals surface area contributed by atoms with E-state index < -0.39 is 29.8 Å². The number of aliphatic hydroxyl groups excluding tert-OH is 1. The van der Waals surface area contributed by atoms with E-state index >= 15 is 0 Å². The van der Waals surface area contributed by atoms with E-state index in [1.165, 1.54) is 0 Å². The van der Waals surface area contributed by atoms with Crippen LogP contribution in [0.3, 0.4) is 0 Å². The van der Waals surface area contributed by atoms with Gasteiger partial charge in [-0.05, 0) is 76.0 Å². The Morgan fingerprint density at radius 3 is 2.35 bits per heavy atom. The standard InChI is InChI=1S/C27H46N2O5/c1-8-9-13-28-25(32)19(4)14-24(31)23(29-26(33)34-27(5,6)7)17-21(18(2)3)15-20-11-10-12-22(30)16-20/h10-12,16,18-19,21,23-24,30-31H,8-9,13-15,17H2,1-7H3,(H,28,32)(H,29,33)/t19-,21+,23+,24+/m1/s1. The third-order valence-electron chi connectivity index (χ3n) is 5.95. The van der Waals surface area contributed by atoms with Crippen molar-refractivity contribution in [1.82, 2.24) is 10.6 Å². The highest BCUT2D eigenvalue weighted by Crippen LogP contribution is 2.26. The number of benzene rings is 1. The number of rotatable bonds is 13. The van der Waals surface area contributed by atoms with E-state index in [-0.39, 0.29) is 29.9 Å². The average Bonchev–Trinajstić information content (AvgIpc) is 2.71. The molecule has 0 spiro atoms. The summed E-state index contributed by atoms with van der Waals surface area (Å²) in [6.45, 7) is 14.1. The van der Waals surface area contributed by atoms with Crippen LogP contribution < -0.4 is 10.6 Å². The van der Waals surface area contributed by atoms with E-state index in [0.29, 0.717) is 19.4 Å². The van der Waals surface area contributed by atoms with Gasteiger partial charge >= 0.3 is 6.09 Å². The zero-order valence-corrected chi connectivity index (χ0v) is 22.1. The minimum absolute atomic E-state index is 0.0938. The van der Waals surface area contributed by atoms with Gasteiger partial charge in [-0.3, -0.25) is 4.79 Å². The number of carbonyl (C=O) groups excluding carboxylic acids is 2. The first-order valence-corrected chi connectivity index (χ1v) is 12.6. The maximum absolute atomic E-state index is 12.6. The van der Waals surface area contributed by atoms with Crippen molar-refractivity contribution in [1.29, 1.82) is 0 Å². The minimum atomic E-state index is -0.912. The number of phenols is 1. The van der Waals surface area contributed by atoms with Gasteiger partial charge in [-0.15, -0.1) is 0 Å². The van der Waals surface area contributed by atoms with Crippen LogP contribution in [0.5, 0.6) is 5.75 Å². The molecule has 4 N–H and O–H groups in total. The van der Waals surface area contributed by atoms with Gasteiger partial charge in [0, 0.05) is 12.5 Å². The highest BCUT2D eigenvalue weighted by Gasteiger charge is 2.30. The van der Waals surface area contributed by atoms with Gasteiger partial charge in [0.15, 0.2) is 0 Å². The summed E-state index contributed by atoms with van der Waals surface area (Å²) in [7, 11) is 0. The molecule has 7 heteroatoms. The summed E-state index contributed by atoms with van der Waals surface area (Å²) >= 11 is 0. The molecular weight excluding hydrogens is 432 g/mol. The lowest BCUT2D eigenvalue weighted by Gasteiger charge is -2.32. The van der Waals surface area contributed by atoms with Gasteiger partial charge in [0.25, 0.3) is 0 Å². The molecular formula is C27H46N2O5. The van der Waals surface area contributed by atoms with Crippen LogP contribution in [0.2, 0.25) is 0 Å². The summed E-state index contributed by atoms with van der Waals surface area (Å²) in [4.78, 5) is 25.0. The maximum Gasteiger partial charge on any atom is 0.407 e. The summed E-state index contributed by atoms with van der Waals surface area (Å²) < 4.78 is 5.44. The predicted octanol–water partition coefficient (Wildman–Crippen LogP) is 4.79. The van der Waals surface area contributed by atoms with Crippen LogP contribution in [0.25, 0.3) is 0 Å². The summed E-state index contributed by atoms with van der Waals surface area (Å²) in [5.74, 6) is 0.130. The Morgan fingerprint density at radius 1 is 1.12 bits per heavy atom.